The van der Waals surface area contributed by atoms with Gasteiger partial charge in [-0.1, -0.05) is 141 Å². The van der Waals surface area contributed by atoms with Gasteiger partial charge in [0.2, 0.25) is 0 Å². The van der Waals surface area contributed by atoms with Crippen molar-refractivity contribution in [3.63, 3.8) is 0 Å². The van der Waals surface area contributed by atoms with E-state index in [-0.39, 0.29) is 5.41 Å². The van der Waals surface area contributed by atoms with Crippen LogP contribution >= 0.6 is 0 Å². The zero-order chi connectivity index (χ0) is 43.7. The smallest absolute Gasteiger partial charge is 0.164 e. The lowest BCUT2D eigenvalue weighted by Crippen LogP contribution is -2.15. The molecule has 0 atom stereocenters. The van der Waals surface area contributed by atoms with Crippen LogP contribution in [-0.4, -0.2) is 19.5 Å². The maximum atomic E-state index is 6.35. The lowest BCUT2D eigenvalue weighted by molar-refractivity contribution is 0.647. The van der Waals surface area contributed by atoms with Crippen molar-refractivity contribution in [2.24, 2.45) is 0 Å². The Balaban J connectivity index is 0.888. The molecule has 0 unspecified atom stereocenters. The zero-order valence-electron chi connectivity index (χ0n) is 36.1. The second kappa shape index (κ2) is 13.7. The Morgan fingerprint density at radius 2 is 0.985 bits per heavy atom. The Morgan fingerprint density at radius 3 is 1.85 bits per heavy atom. The van der Waals surface area contributed by atoms with Gasteiger partial charge in [0.15, 0.2) is 17.5 Å². The Morgan fingerprint density at radius 1 is 0.364 bits per heavy atom. The highest BCUT2D eigenvalue weighted by Crippen LogP contribution is 2.52. The summed E-state index contributed by atoms with van der Waals surface area (Å²) in [6, 6.07) is 68.4. The Bertz CT molecular complexity index is 4150. The first-order valence-corrected chi connectivity index (χ1v) is 22.4. The highest BCUT2D eigenvalue weighted by atomic mass is 16.3. The summed E-state index contributed by atoms with van der Waals surface area (Å²) in [5.74, 6) is 1.79. The first-order valence-electron chi connectivity index (χ1n) is 22.4. The molecule has 1 aliphatic carbocycles. The largest absolute Gasteiger partial charge is 0.456 e. The first-order chi connectivity index (χ1) is 32.4. The number of furan rings is 2. The molecular weight excluding hydrogens is 809 g/mol. The molecule has 6 nitrogen and oxygen atoms in total. The lowest BCUT2D eigenvalue weighted by Gasteiger charge is -2.22. The molecule has 310 valence electrons. The van der Waals surface area contributed by atoms with E-state index in [4.69, 9.17) is 23.8 Å². The van der Waals surface area contributed by atoms with Crippen molar-refractivity contribution < 1.29 is 8.83 Å². The first kappa shape index (κ1) is 36.8. The number of rotatable bonds is 5. The van der Waals surface area contributed by atoms with Gasteiger partial charge in [-0.25, -0.2) is 15.0 Å². The molecule has 0 saturated heterocycles. The van der Waals surface area contributed by atoms with Crippen LogP contribution in [0, 0.1) is 0 Å². The van der Waals surface area contributed by atoms with Gasteiger partial charge < -0.3 is 13.4 Å². The average Bonchev–Trinajstić information content (AvgIpc) is 4.09. The molecular formula is C60H38N4O2. The van der Waals surface area contributed by atoms with Crippen molar-refractivity contribution in [3.05, 3.63) is 205 Å². The van der Waals surface area contributed by atoms with Crippen LogP contribution in [0.1, 0.15) is 25.0 Å². The second-order valence-corrected chi connectivity index (χ2v) is 18.0. The lowest BCUT2D eigenvalue weighted by atomic mass is 9.81. The quantitative estimate of drug-likeness (QED) is 0.173. The third kappa shape index (κ3) is 5.39. The number of hydrogen-bond donors (Lipinski definition) is 0. The predicted octanol–water partition coefficient (Wildman–Crippen LogP) is 15.7. The molecule has 0 aliphatic heterocycles. The standard InChI is InChI=1S/C60H38N4O2/c1-60(2)48-32-37(26-28-40(48)45-33-47-42-19-7-10-23-52(42)66-55(47)34-49(45)60)36-27-29-51-46(31-36)41-18-6-9-22-50(41)64(51)39-17-12-16-38(30-39)58-61-57(35-14-4-3-5-15-35)62-59(63-58)44-21-13-25-54-56(44)43-20-8-11-24-53(43)65-54/h3-34H,1-2H3. The van der Waals surface area contributed by atoms with Crippen LogP contribution in [-0.2, 0) is 5.41 Å². The topological polar surface area (TPSA) is 69.9 Å². The molecule has 66 heavy (non-hydrogen) atoms. The van der Waals surface area contributed by atoms with E-state index in [1.165, 1.54) is 44.2 Å². The molecule has 13 aromatic rings. The molecule has 0 radical (unpaired) electrons. The van der Waals surface area contributed by atoms with Gasteiger partial charge in [0.1, 0.15) is 22.3 Å². The number of hydrogen-bond acceptors (Lipinski definition) is 5. The molecule has 0 amide bonds. The van der Waals surface area contributed by atoms with Crippen LogP contribution in [0.2, 0.25) is 0 Å². The Labute approximate surface area is 379 Å². The van der Waals surface area contributed by atoms with Gasteiger partial charge in [0.25, 0.3) is 0 Å². The van der Waals surface area contributed by atoms with Gasteiger partial charge >= 0.3 is 0 Å². The third-order valence-electron chi connectivity index (χ3n) is 13.9. The highest BCUT2D eigenvalue weighted by molar-refractivity contribution is 6.13. The molecule has 14 rings (SSSR count). The van der Waals surface area contributed by atoms with E-state index in [0.717, 1.165) is 77.3 Å². The summed E-state index contributed by atoms with van der Waals surface area (Å²) in [6.07, 6.45) is 0. The SMILES string of the molecule is CC1(C)c2cc(-c3ccc4c(c3)c3ccccc3n4-c3cccc(-c4nc(-c5ccccc5)nc(-c5cccc6oc7ccccc7c56)n4)c3)ccc2-c2cc3c(cc21)oc1ccccc13. The molecule has 0 bridgehead atoms. The molecule has 4 heterocycles. The maximum absolute atomic E-state index is 6.35. The van der Waals surface area contributed by atoms with Crippen LogP contribution in [0.25, 0.3) is 128 Å². The van der Waals surface area contributed by atoms with E-state index < -0.39 is 0 Å². The molecule has 9 aromatic carbocycles. The van der Waals surface area contributed by atoms with Crippen molar-refractivity contribution >= 4 is 65.7 Å². The Kier molecular flexibility index (Phi) is 7.64. The fourth-order valence-electron chi connectivity index (χ4n) is 10.6. The van der Waals surface area contributed by atoms with E-state index in [9.17, 15) is 0 Å². The number of nitrogens with zero attached hydrogens (tertiary/aromatic N) is 4. The minimum absolute atomic E-state index is 0.193. The monoisotopic (exact) mass is 846 g/mol. The molecule has 1 aliphatic rings. The third-order valence-corrected chi connectivity index (χ3v) is 13.9. The summed E-state index contributed by atoms with van der Waals surface area (Å²) >= 11 is 0. The number of para-hydroxylation sites is 3. The van der Waals surface area contributed by atoms with Crippen molar-refractivity contribution in [1.29, 1.82) is 0 Å². The Hall–Kier alpha value is -8.61. The van der Waals surface area contributed by atoms with Crippen LogP contribution in [0.4, 0.5) is 0 Å². The predicted molar refractivity (Wildman–Crippen MR) is 268 cm³/mol. The van der Waals surface area contributed by atoms with Crippen LogP contribution in [0.15, 0.2) is 203 Å². The van der Waals surface area contributed by atoms with Gasteiger partial charge in [0.05, 0.1) is 11.0 Å². The van der Waals surface area contributed by atoms with Gasteiger partial charge in [-0.3, -0.25) is 0 Å². The van der Waals surface area contributed by atoms with Crippen LogP contribution in [0.5, 0.6) is 0 Å². The van der Waals surface area contributed by atoms with Crippen molar-refractivity contribution in [3.8, 4) is 62.1 Å². The van der Waals surface area contributed by atoms with Crippen molar-refractivity contribution in [2.45, 2.75) is 19.3 Å². The van der Waals surface area contributed by atoms with Crippen molar-refractivity contribution in [1.82, 2.24) is 19.5 Å². The summed E-state index contributed by atoms with van der Waals surface area (Å²) in [7, 11) is 0. The van der Waals surface area contributed by atoms with Crippen LogP contribution in [0.3, 0.4) is 0 Å². The normalized spacial score (nSPS) is 13.1. The minimum atomic E-state index is -0.193. The van der Waals surface area contributed by atoms with Gasteiger partial charge in [-0.05, 0) is 100 Å². The summed E-state index contributed by atoms with van der Waals surface area (Å²) in [5, 5.41) is 6.72. The van der Waals surface area contributed by atoms with Crippen molar-refractivity contribution in [2.75, 3.05) is 0 Å². The van der Waals surface area contributed by atoms with E-state index in [0.29, 0.717) is 17.5 Å². The van der Waals surface area contributed by atoms with Gasteiger partial charge in [0, 0.05) is 60.1 Å². The highest BCUT2D eigenvalue weighted by Gasteiger charge is 2.36. The fourth-order valence-corrected chi connectivity index (χ4v) is 10.6. The van der Waals surface area contributed by atoms with Gasteiger partial charge in [-0.2, -0.15) is 0 Å². The van der Waals surface area contributed by atoms with Crippen LogP contribution < -0.4 is 0 Å². The van der Waals surface area contributed by atoms with Gasteiger partial charge in [-0.15, -0.1) is 0 Å². The summed E-state index contributed by atoms with van der Waals surface area (Å²) in [6.45, 7) is 4.67. The minimum Gasteiger partial charge on any atom is -0.456 e. The summed E-state index contributed by atoms with van der Waals surface area (Å²) < 4.78 is 15.0. The average molecular weight is 847 g/mol. The molecule has 6 heteroatoms. The number of aromatic nitrogens is 4. The van der Waals surface area contributed by atoms with E-state index in [1.807, 2.05) is 66.7 Å². The molecule has 0 fully saturated rings. The molecule has 4 aromatic heterocycles. The fraction of sp³-hybridized carbons (Fsp3) is 0.0500. The van der Waals surface area contributed by atoms with E-state index >= 15 is 0 Å². The van der Waals surface area contributed by atoms with E-state index in [2.05, 4.69) is 146 Å². The number of fused-ring (bicyclic) bond motifs is 12. The summed E-state index contributed by atoms with van der Waals surface area (Å²) in [5.41, 5.74) is 16.9. The zero-order valence-corrected chi connectivity index (χ0v) is 36.1. The maximum Gasteiger partial charge on any atom is 0.164 e. The summed E-state index contributed by atoms with van der Waals surface area (Å²) in [4.78, 5) is 15.5. The molecule has 0 N–H and O–H groups in total. The molecule has 0 spiro atoms. The molecule has 0 saturated carbocycles. The second-order valence-electron chi connectivity index (χ2n) is 18.0. The van der Waals surface area contributed by atoms with E-state index in [1.54, 1.807) is 0 Å². The number of benzene rings is 9.